The third kappa shape index (κ3) is 2.90. The number of fused-ring (bicyclic) bond motifs is 3. The van der Waals surface area contributed by atoms with Crippen LogP contribution < -0.4 is 20.3 Å². The molecular formula is C21H17N3O3S. The van der Waals surface area contributed by atoms with E-state index in [0.29, 0.717) is 30.3 Å². The molecule has 2 aliphatic heterocycles. The number of nitrogens with one attached hydrogen (secondary N) is 2. The number of rotatable bonds is 3. The molecule has 0 spiro atoms. The van der Waals surface area contributed by atoms with Crippen LogP contribution in [0.5, 0.6) is 5.75 Å². The Morgan fingerprint density at radius 3 is 2.75 bits per heavy atom. The predicted octanol–water partition coefficient (Wildman–Crippen LogP) is 4.09. The van der Waals surface area contributed by atoms with Crippen LogP contribution in [0.1, 0.15) is 15.2 Å². The van der Waals surface area contributed by atoms with E-state index < -0.39 is 0 Å². The summed E-state index contributed by atoms with van der Waals surface area (Å²) in [4.78, 5) is 27.9. The highest BCUT2D eigenvalue weighted by Crippen LogP contribution is 2.42. The van der Waals surface area contributed by atoms with Crippen molar-refractivity contribution >= 4 is 34.6 Å². The molecule has 140 valence electrons. The first kappa shape index (κ1) is 16.8. The molecule has 5 rings (SSSR count). The maximum atomic E-state index is 12.7. The number of thiophene rings is 1. The minimum atomic E-state index is -0.149. The number of para-hydroxylation sites is 1. The number of carbonyl (C=O) groups is 2. The van der Waals surface area contributed by atoms with Gasteiger partial charge in [0.1, 0.15) is 12.4 Å². The lowest BCUT2D eigenvalue weighted by atomic mass is 10.1. The Morgan fingerprint density at radius 2 is 1.96 bits per heavy atom. The van der Waals surface area contributed by atoms with Crippen molar-refractivity contribution in [2.75, 3.05) is 23.3 Å². The number of nitrogens with zero attached hydrogens (tertiary/aromatic N) is 1. The van der Waals surface area contributed by atoms with Gasteiger partial charge >= 0.3 is 6.03 Å². The van der Waals surface area contributed by atoms with Gasteiger partial charge in [0.05, 0.1) is 4.88 Å². The van der Waals surface area contributed by atoms with Crippen LogP contribution in [0.4, 0.5) is 16.2 Å². The molecule has 0 saturated carbocycles. The third-order valence-electron chi connectivity index (χ3n) is 4.84. The van der Waals surface area contributed by atoms with E-state index in [1.54, 1.807) is 4.90 Å². The van der Waals surface area contributed by atoms with Crippen molar-refractivity contribution in [1.82, 2.24) is 5.32 Å². The van der Waals surface area contributed by atoms with Crippen molar-refractivity contribution < 1.29 is 14.3 Å². The SMILES string of the molecule is O=C(Nc1ccc(N2CCNC2=O)cc1)c1cc2c(s1)-c1ccccc1OC2. The molecule has 2 aliphatic rings. The van der Waals surface area contributed by atoms with E-state index in [2.05, 4.69) is 10.6 Å². The molecule has 1 fully saturated rings. The highest BCUT2D eigenvalue weighted by atomic mass is 32.1. The first-order valence-electron chi connectivity index (χ1n) is 9.01. The fraction of sp³-hybridized carbons (Fsp3) is 0.143. The fourth-order valence-corrected chi connectivity index (χ4v) is 4.54. The van der Waals surface area contributed by atoms with Crippen LogP contribution in [0, 0.1) is 0 Å². The lowest BCUT2D eigenvalue weighted by Crippen LogP contribution is -2.27. The lowest BCUT2D eigenvalue weighted by Gasteiger charge is -2.16. The number of urea groups is 1. The fourth-order valence-electron chi connectivity index (χ4n) is 3.45. The zero-order valence-corrected chi connectivity index (χ0v) is 15.7. The van der Waals surface area contributed by atoms with Gasteiger partial charge in [-0.05, 0) is 42.5 Å². The molecule has 1 aromatic heterocycles. The third-order valence-corrected chi connectivity index (χ3v) is 6.05. The van der Waals surface area contributed by atoms with Crippen LogP contribution in [-0.4, -0.2) is 25.0 Å². The van der Waals surface area contributed by atoms with Crippen molar-refractivity contribution in [2.24, 2.45) is 0 Å². The van der Waals surface area contributed by atoms with Crippen LogP contribution in [0.15, 0.2) is 54.6 Å². The predicted molar refractivity (Wildman–Crippen MR) is 109 cm³/mol. The summed E-state index contributed by atoms with van der Waals surface area (Å²) >= 11 is 1.48. The second-order valence-electron chi connectivity index (χ2n) is 6.63. The second-order valence-corrected chi connectivity index (χ2v) is 7.69. The van der Waals surface area contributed by atoms with Crippen molar-refractivity contribution in [3.05, 3.63) is 65.0 Å². The van der Waals surface area contributed by atoms with E-state index in [9.17, 15) is 9.59 Å². The standard InChI is InChI=1S/C21H17N3O3S/c25-20(23-14-5-7-15(8-6-14)24-10-9-22-21(24)26)18-11-13-12-27-17-4-2-1-3-16(17)19(13)28-18/h1-8,11H,9-10,12H2,(H,22,26)(H,23,25). The van der Waals surface area contributed by atoms with Crippen LogP contribution in [0.25, 0.3) is 10.4 Å². The van der Waals surface area contributed by atoms with E-state index >= 15 is 0 Å². The van der Waals surface area contributed by atoms with Crippen LogP contribution in [0.2, 0.25) is 0 Å². The van der Waals surface area contributed by atoms with Gasteiger partial charge in [0, 0.05) is 40.5 Å². The molecule has 28 heavy (non-hydrogen) atoms. The number of hydrogen-bond donors (Lipinski definition) is 2. The van der Waals surface area contributed by atoms with E-state index in [-0.39, 0.29) is 11.9 Å². The molecule has 6 nitrogen and oxygen atoms in total. The molecule has 0 radical (unpaired) electrons. The minimum absolute atomic E-state index is 0.0940. The monoisotopic (exact) mass is 391 g/mol. The molecule has 0 aliphatic carbocycles. The zero-order chi connectivity index (χ0) is 19.1. The van der Waals surface area contributed by atoms with Gasteiger partial charge in [-0.25, -0.2) is 4.79 Å². The smallest absolute Gasteiger partial charge is 0.321 e. The van der Waals surface area contributed by atoms with E-state index in [1.165, 1.54) is 11.3 Å². The van der Waals surface area contributed by atoms with Crippen molar-refractivity contribution in [1.29, 1.82) is 0 Å². The molecule has 0 unspecified atom stereocenters. The van der Waals surface area contributed by atoms with Crippen molar-refractivity contribution in [3.63, 3.8) is 0 Å². The van der Waals surface area contributed by atoms with Gasteiger partial charge in [0.25, 0.3) is 5.91 Å². The Balaban J connectivity index is 1.34. The Labute approximate surface area is 165 Å². The van der Waals surface area contributed by atoms with Gasteiger partial charge in [-0.1, -0.05) is 12.1 Å². The van der Waals surface area contributed by atoms with Crippen molar-refractivity contribution in [2.45, 2.75) is 6.61 Å². The quantitative estimate of drug-likeness (QED) is 0.706. The number of amides is 3. The highest BCUT2D eigenvalue weighted by Gasteiger charge is 2.23. The first-order valence-corrected chi connectivity index (χ1v) is 9.82. The maximum absolute atomic E-state index is 12.7. The summed E-state index contributed by atoms with van der Waals surface area (Å²) in [6, 6.07) is 17.0. The number of hydrogen-bond acceptors (Lipinski definition) is 4. The molecular weight excluding hydrogens is 374 g/mol. The van der Waals surface area contributed by atoms with E-state index in [0.717, 1.165) is 27.4 Å². The minimum Gasteiger partial charge on any atom is -0.488 e. The van der Waals surface area contributed by atoms with Gasteiger partial charge < -0.3 is 15.4 Å². The summed E-state index contributed by atoms with van der Waals surface area (Å²) in [6.07, 6.45) is 0. The summed E-state index contributed by atoms with van der Waals surface area (Å²) in [5.74, 6) is 0.703. The van der Waals surface area contributed by atoms with Gasteiger partial charge in [-0.3, -0.25) is 9.69 Å². The van der Waals surface area contributed by atoms with Gasteiger partial charge in [-0.2, -0.15) is 0 Å². The molecule has 0 atom stereocenters. The van der Waals surface area contributed by atoms with Crippen molar-refractivity contribution in [3.8, 4) is 16.2 Å². The molecule has 7 heteroatoms. The highest BCUT2D eigenvalue weighted by molar-refractivity contribution is 7.17. The molecule has 3 aromatic rings. The van der Waals surface area contributed by atoms with E-state index in [1.807, 2.05) is 54.6 Å². The number of carbonyl (C=O) groups excluding carboxylic acids is 2. The number of benzene rings is 2. The molecule has 2 aromatic carbocycles. The van der Waals surface area contributed by atoms with Gasteiger partial charge in [0.15, 0.2) is 0 Å². The van der Waals surface area contributed by atoms with Crippen LogP contribution in [-0.2, 0) is 6.61 Å². The Bertz CT molecular complexity index is 1070. The lowest BCUT2D eigenvalue weighted by molar-refractivity contribution is 0.103. The Morgan fingerprint density at radius 1 is 1.14 bits per heavy atom. The van der Waals surface area contributed by atoms with Crippen LogP contribution >= 0.6 is 11.3 Å². The maximum Gasteiger partial charge on any atom is 0.321 e. The van der Waals surface area contributed by atoms with Crippen LogP contribution in [0.3, 0.4) is 0 Å². The normalized spacial score (nSPS) is 14.7. The Hall–Kier alpha value is -3.32. The topological polar surface area (TPSA) is 70.7 Å². The summed E-state index contributed by atoms with van der Waals surface area (Å²) in [5.41, 5.74) is 3.56. The first-order chi connectivity index (χ1) is 13.7. The number of ether oxygens (including phenoxy) is 1. The summed E-state index contributed by atoms with van der Waals surface area (Å²) in [5, 5.41) is 5.71. The zero-order valence-electron chi connectivity index (χ0n) is 14.9. The molecule has 3 heterocycles. The van der Waals surface area contributed by atoms with Gasteiger partial charge in [0.2, 0.25) is 0 Å². The summed E-state index contributed by atoms with van der Waals surface area (Å²) < 4.78 is 5.77. The average molecular weight is 391 g/mol. The number of anilines is 2. The molecule has 3 amide bonds. The molecule has 2 N–H and O–H groups in total. The summed E-state index contributed by atoms with van der Waals surface area (Å²) in [6.45, 7) is 1.77. The second kappa shape index (κ2) is 6.69. The summed E-state index contributed by atoms with van der Waals surface area (Å²) in [7, 11) is 0. The molecule has 1 saturated heterocycles. The van der Waals surface area contributed by atoms with Gasteiger partial charge in [-0.15, -0.1) is 11.3 Å². The average Bonchev–Trinajstić information content (AvgIpc) is 3.35. The largest absolute Gasteiger partial charge is 0.488 e. The van der Waals surface area contributed by atoms with E-state index in [4.69, 9.17) is 4.74 Å². The molecule has 0 bridgehead atoms. The Kier molecular flexibility index (Phi) is 4.02.